The second-order valence-corrected chi connectivity index (χ2v) is 4.95. The molecule has 0 aliphatic heterocycles. The van der Waals surface area contributed by atoms with Crippen LogP contribution in [0.15, 0.2) is 12.2 Å². The zero-order valence-electron chi connectivity index (χ0n) is 13.5. The van der Waals surface area contributed by atoms with Gasteiger partial charge in [0.05, 0.1) is 13.0 Å². The molecule has 1 atom stereocenters. The minimum absolute atomic E-state index is 0.0697. The van der Waals surface area contributed by atoms with E-state index in [1.807, 2.05) is 0 Å². The minimum atomic E-state index is -0.579. The SMILES string of the molecule is C=C(CC(=O)OC(CCC)CCCC)C(=O)OCCOC. The molecule has 21 heavy (non-hydrogen) atoms. The normalized spacial score (nSPS) is 11.8. The van der Waals surface area contributed by atoms with Crippen molar-refractivity contribution in [3.8, 4) is 0 Å². The number of methoxy groups -OCH3 is 1. The summed E-state index contributed by atoms with van der Waals surface area (Å²) in [5.41, 5.74) is 0.113. The predicted octanol–water partition coefficient (Wildman–Crippen LogP) is 3.02. The molecule has 0 bridgehead atoms. The molecule has 0 aromatic heterocycles. The molecule has 0 aliphatic carbocycles. The Kier molecular flexibility index (Phi) is 11.6. The van der Waals surface area contributed by atoms with Crippen LogP contribution in [-0.2, 0) is 23.8 Å². The Labute approximate surface area is 127 Å². The van der Waals surface area contributed by atoms with E-state index in [2.05, 4.69) is 20.4 Å². The van der Waals surface area contributed by atoms with Crippen LogP contribution in [0.5, 0.6) is 0 Å². The lowest BCUT2D eigenvalue weighted by Gasteiger charge is -2.17. The highest BCUT2D eigenvalue weighted by molar-refractivity contribution is 5.93. The van der Waals surface area contributed by atoms with Crippen LogP contribution in [-0.4, -0.2) is 38.4 Å². The van der Waals surface area contributed by atoms with E-state index in [4.69, 9.17) is 14.2 Å². The second-order valence-electron chi connectivity index (χ2n) is 4.95. The lowest BCUT2D eigenvalue weighted by atomic mass is 10.1. The van der Waals surface area contributed by atoms with E-state index in [0.29, 0.717) is 6.61 Å². The van der Waals surface area contributed by atoms with E-state index in [1.54, 1.807) is 0 Å². The van der Waals surface area contributed by atoms with Gasteiger partial charge in [-0.25, -0.2) is 4.79 Å². The number of esters is 2. The molecular weight excluding hydrogens is 272 g/mol. The maximum Gasteiger partial charge on any atom is 0.334 e. The first kappa shape index (κ1) is 19.6. The summed E-state index contributed by atoms with van der Waals surface area (Å²) in [7, 11) is 1.52. The lowest BCUT2D eigenvalue weighted by molar-refractivity contribution is -0.151. The summed E-state index contributed by atoms with van der Waals surface area (Å²) in [6.45, 7) is 8.20. The highest BCUT2D eigenvalue weighted by Crippen LogP contribution is 2.13. The highest BCUT2D eigenvalue weighted by atomic mass is 16.6. The monoisotopic (exact) mass is 300 g/mol. The van der Waals surface area contributed by atoms with Gasteiger partial charge in [0, 0.05) is 12.7 Å². The first-order valence-corrected chi connectivity index (χ1v) is 7.58. The summed E-state index contributed by atoms with van der Waals surface area (Å²) in [6.07, 6.45) is 4.56. The zero-order valence-corrected chi connectivity index (χ0v) is 13.5. The smallest absolute Gasteiger partial charge is 0.334 e. The van der Waals surface area contributed by atoms with Crippen molar-refractivity contribution < 1.29 is 23.8 Å². The fraction of sp³-hybridized carbons (Fsp3) is 0.750. The first-order valence-electron chi connectivity index (χ1n) is 7.58. The number of carbonyl (C=O) groups excluding carboxylic acids is 2. The molecular formula is C16H28O5. The van der Waals surface area contributed by atoms with Gasteiger partial charge in [-0.15, -0.1) is 0 Å². The average molecular weight is 300 g/mol. The molecule has 0 saturated carbocycles. The Morgan fingerprint density at radius 3 is 2.38 bits per heavy atom. The van der Waals surface area contributed by atoms with Gasteiger partial charge in [0.2, 0.25) is 0 Å². The predicted molar refractivity (Wildman–Crippen MR) is 80.9 cm³/mol. The number of rotatable bonds is 12. The van der Waals surface area contributed by atoms with Crippen LogP contribution < -0.4 is 0 Å². The van der Waals surface area contributed by atoms with Gasteiger partial charge in [-0.05, 0) is 12.8 Å². The molecule has 0 aromatic carbocycles. The van der Waals surface area contributed by atoms with Crippen LogP contribution in [0.1, 0.15) is 52.4 Å². The molecule has 0 spiro atoms. The number of hydrogen-bond acceptors (Lipinski definition) is 5. The summed E-state index contributed by atoms with van der Waals surface area (Å²) in [6, 6.07) is 0. The Bertz CT molecular complexity index is 325. The molecule has 0 heterocycles. The molecule has 5 heteroatoms. The topological polar surface area (TPSA) is 61.8 Å². The van der Waals surface area contributed by atoms with Crippen LogP contribution >= 0.6 is 0 Å². The Balaban J connectivity index is 4.13. The summed E-state index contributed by atoms with van der Waals surface area (Å²) in [4.78, 5) is 23.4. The van der Waals surface area contributed by atoms with Gasteiger partial charge in [0.1, 0.15) is 12.7 Å². The molecule has 1 unspecified atom stereocenters. The van der Waals surface area contributed by atoms with Crippen LogP contribution in [0, 0.1) is 0 Å². The largest absolute Gasteiger partial charge is 0.462 e. The number of carbonyl (C=O) groups is 2. The van der Waals surface area contributed by atoms with E-state index in [9.17, 15) is 9.59 Å². The van der Waals surface area contributed by atoms with Crippen LogP contribution in [0.4, 0.5) is 0 Å². The van der Waals surface area contributed by atoms with E-state index < -0.39 is 11.9 Å². The van der Waals surface area contributed by atoms with Crippen LogP contribution in [0.25, 0.3) is 0 Å². The second kappa shape index (κ2) is 12.4. The van der Waals surface area contributed by atoms with E-state index in [0.717, 1.165) is 32.1 Å². The lowest BCUT2D eigenvalue weighted by Crippen LogP contribution is -2.20. The van der Waals surface area contributed by atoms with Crippen molar-refractivity contribution in [1.82, 2.24) is 0 Å². The number of hydrogen-bond donors (Lipinski definition) is 0. The molecule has 0 fully saturated rings. The molecule has 5 nitrogen and oxygen atoms in total. The van der Waals surface area contributed by atoms with Crippen molar-refractivity contribution in [3.63, 3.8) is 0 Å². The zero-order chi connectivity index (χ0) is 16.1. The van der Waals surface area contributed by atoms with Gasteiger partial charge in [0.15, 0.2) is 0 Å². The highest BCUT2D eigenvalue weighted by Gasteiger charge is 2.18. The molecule has 122 valence electrons. The van der Waals surface area contributed by atoms with Crippen molar-refractivity contribution in [1.29, 1.82) is 0 Å². The molecule has 0 N–H and O–H groups in total. The fourth-order valence-corrected chi connectivity index (χ4v) is 1.81. The summed E-state index contributed by atoms with van der Waals surface area (Å²) < 4.78 is 15.1. The Morgan fingerprint density at radius 2 is 1.81 bits per heavy atom. The molecule has 0 aliphatic rings. The van der Waals surface area contributed by atoms with Crippen molar-refractivity contribution >= 4 is 11.9 Å². The maximum absolute atomic E-state index is 11.8. The Morgan fingerprint density at radius 1 is 1.10 bits per heavy atom. The molecule has 0 amide bonds. The van der Waals surface area contributed by atoms with Gasteiger partial charge >= 0.3 is 11.9 Å². The standard InChI is InChI=1S/C16H28O5/c1-5-7-9-14(8-6-2)21-15(17)12-13(3)16(18)20-11-10-19-4/h14H,3,5-12H2,1-2,4H3. The molecule has 0 saturated heterocycles. The van der Waals surface area contributed by atoms with Gasteiger partial charge in [0.25, 0.3) is 0 Å². The van der Waals surface area contributed by atoms with Crippen LogP contribution in [0.2, 0.25) is 0 Å². The van der Waals surface area contributed by atoms with Crippen molar-refractivity contribution in [2.24, 2.45) is 0 Å². The Hall–Kier alpha value is -1.36. The maximum atomic E-state index is 11.8. The molecule has 0 radical (unpaired) electrons. The van der Waals surface area contributed by atoms with Crippen LogP contribution in [0.3, 0.4) is 0 Å². The summed E-state index contributed by atoms with van der Waals surface area (Å²) >= 11 is 0. The quantitative estimate of drug-likeness (QED) is 0.315. The molecule has 0 rings (SSSR count). The average Bonchev–Trinajstić information content (AvgIpc) is 2.44. The third kappa shape index (κ3) is 10.1. The summed E-state index contributed by atoms with van der Waals surface area (Å²) in [5.74, 6) is -0.997. The third-order valence-electron chi connectivity index (χ3n) is 2.96. The van der Waals surface area contributed by atoms with E-state index >= 15 is 0 Å². The van der Waals surface area contributed by atoms with Crippen molar-refractivity contribution in [2.45, 2.75) is 58.5 Å². The van der Waals surface area contributed by atoms with Crippen molar-refractivity contribution in [3.05, 3.63) is 12.2 Å². The van der Waals surface area contributed by atoms with Gasteiger partial charge < -0.3 is 14.2 Å². The van der Waals surface area contributed by atoms with Gasteiger partial charge in [-0.2, -0.15) is 0 Å². The first-order chi connectivity index (χ1) is 10.0. The minimum Gasteiger partial charge on any atom is -0.462 e. The summed E-state index contributed by atoms with van der Waals surface area (Å²) in [5, 5.41) is 0. The molecule has 0 aromatic rings. The number of ether oxygens (including phenoxy) is 3. The fourth-order valence-electron chi connectivity index (χ4n) is 1.81. The van der Waals surface area contributed by atoms with Crippen molar-refractivity contribution in [2.75, 3.05) is 20.3 Å². The number of unbranched alkanes of at least 4 members (excludes halogenated alkanes) is 1. The van der Waals surface area contributed by atoms with E-state index in [1.165, 1.54) is 7.11 Å². The van der Waals surface area contributed by atoms with E-state index in [-0.39, 0.29) is 24.7 Å². The van der Waals surface area contributed by atoms with Gasteiger partial charge in [-0.1, -0.05) is 39.7 Å². The third-order valence-corrected chi connectivity index (χ3v) is 2.96. The van der Waals surface area contributed by atoms with Gasteiger partial charge in [-0.3, -0.25) is 4.79 Å².